The molecule has 0 radical (unpaired) electrons. The predicted octanol–water partition coefficient (Wildman–Crippen LogP) is -1.44. The molecule has 0 saturated carbocycles. The Morgan fingerprint density at radius 1 is 1.69 bits per heavy atom. The number of hydrogen-bond acceptors (Lipinski definition) is 4. The van der Waals surface area contributed by atoms with Gasteiger partial charge in [-0.1, -0.05) is 0 Å². The van der Waals surface area contributed by atoms with Crippen LogP contribution in [-0.4, -0.2) is 46.7 Å². The van der Waals surface area contributed by atoms with Crippen molar-refractivity contribution in [3.05, 3.63) is 12.2 Å². The monoisotopic (exact) mass is 227 g/mol. The van der Waals surface area contributed by atoms with Crippen LogP contribution in [0, 0.1) is 0 Å². The molecule has 1 aliphatic rings. The Balaban J connectivity index is 2.74. The molecule has 4 N–H and O–H groups in total. The maximum absolute atomic E-state index is 11.7. The second-order valence-electron chi connectivity index (χ2n) is 3.93. The van der Waals surface area contributed by atoms with Gasteiger partial charge in [-0.25, -0.2) is 0 Å². The number of aliphatic hydroxyl groups is 1. The lowest BCUT2D eigenvalue weighted by atomic mass is 10.2. The molecule has 2 amide bonds. The van der Waals surface area contributed by atoms with E-state index in [1.807, 2.05) is 13.8 Å². The first-order valence-corrected chi connectivity index (χ1v) is 5.16. The van der Waals surface area contributed by atoms with Crippen molar-refractivity contribution in [3.8, 4) is 0 Å². The number of amides is 2. The third-order valence-corrected chi connectivity index (χ3v) is 2.24. The van der Waals surface area contributed by atoms with Crippen molar-refractivity contribution < 1.29 is 14.7 Å². The topological polar surface area (TPSA) is 95.7 Å². The van der Waals surface area contributed by atoms with Gasteiger partial charge in [-0.3, -0.25) is 14.5 Å². The standard InChI is InChI=1S/C10H17N3O3/c1-6(2)12-10(16)7(5-11)13-8(14)3-4-9(13)15/h3-4,6-8,14H,5,11H2,1-2H3,(H,12,16). The highest BCUT2D eigenvalue weighted by Gasteiger charge is 2.34. The van der Waals surface area contributed by atoms with Crippen molar-refractivity contribution in [2.75, 3.05) is 6.54 Å². The van der Waals surface area contributed by atoms with E-state index in [-0.39, 0.29) is 18.5 Å². The maximum Gasteiger partial charge on any atom is 0.249 e. The van der Waals surface area contributed by atoms with E-state index < -0.39 is 18.2 Å². The quantitative estimate of drug-likeness (QED) is 0.548. The van der Waals surface area contributed by atoms with Crippen molar-refractivity contribution in [3.63, 3.8) is 0 Å². The number of rotatable bonds is 4. The fraction of sp³-hybridized carbons (Fsp3) is 0.600. The van der Waals surface area contributed by atoms with Gasteiger partial charge >= 0.3 is 0 Å². The lowest BCUT2D eigenvalue weighted by molar-refractivity contribution is -0.142. The van der Waals surface area contributed by atoms with Gasteiger partial charge in [0.1, 0.15) is 12.3 Å². The van der Waals surface area contributed by atoms with Crippen LogP contribution in [0.3, 0.4) is 0 Å². The van der Waals surface area contributed by atoms with Crippen LogP contribution in [0.25, 0.3) is 0 Å². The van der Waals surface area contributed by atoms with Gasteiger partial charge in [-0.15, -0.1) is 0 Å². The van der Waals surface area contributed by atoms with Gasteiger partial charge in [-0.05, 0) is 19.9 Å². The first kappa shape index (κ1) is 12.7. The van der Waals surface area contributed by atoms with E-state index in [0.717, 1.165) is 4.90 Å². The number of nitrogens with zero attached hydrogens (tertiary/aromatic N) is 1. The molecular formula is C10H17N3O3. The molecule has 2 atom stereocenters. The molecule has 0 spiro atoms. The van der Waals surface area contributed by atoms with Crippen molar-refractivity contribution >= 4 is 11.8 Å². The molecule has 16 heavy (non-hydrogen) atoms. The lowest BCUT2D eigenvalue weighted by Gasteiger charge is -2.29. The van der Waals surface area contributed by atoms with E-state index in [0.29, 0.717) is 0 Å². The van der Waals surface area contributed by atoms with Crippen LogP contribution in [-0.2, 0) is 9.59 Å². The maximum atomic E-state index is 11.7. The van der Waals surface area contributed by atoms with Crippen LogP contribution < -0.4 is 11.1 Å². The second-order valence-corrected chi connectivity index (χ2v) is 3.93. The van der Waals surface area contributed by atoms with E-state index in [9.17, 15) is 14.7 Å². The van der Waals surface area contributed by atoms with Gasteiger partial charge in [0.25, 0.3) is 0 Å². The second kappa shape index (κ2) is 5.09. The Hall–Kier alpha value is -1.40. The zero-order chi connectivity index (χ0) is 12.3. The van der Waals surface area contributed by atoms with Crippen LogP contribution in [0.4, 0.5) is 0 Å². The zero-order valence-electron chi connectivity index (χ0n) is 9.38. The van der Waals surface area contributed by atoms with Gasteiger partial charge in [-0.2, -0.15) is 0 Å². The third kappa shape index (κ3) is 2.59. The Labute approximate surface area is 94.1 Å². The van der Waals surface area contributed by atoms with Crippen LogP contribution in [0.5, 0.6) is 0 Å². The average Bonchev–Trinajstić information content (AvgIpc) is 2.49. The first-order valence-electron chi connectivity index (χ1n) is 5.16. The Morgan fingerprint density at radius 3 is 2.69 bits per heavy atom. The van der Waals surface area contributed by atoms with E-state index in [1.165, 1.54) is 12.2 Å². The summed E-state index contributed by atoms with van der Waals surface area (Å²) in [6.07, 6.45) is 1.49. The number of carbonyl (C=O) groups is 2. The first-order chi connectivity index (χ1) is 7.47. The lowest BCUT2D eigenvalue weighted by Crippen LogP contribution is -2.55. The average molecular weight is 227 g/mol. The molecule has 0 aliphatic carbocycles. The molecule has 1 aliphatic heterocycles. The van der Waals surface area contributed by atoms with Crippen LogP contribution in [0.2, 0.25) is 0 Å². The molecular weight excluding hydrogens is 210 g/mol. The van der Waals surface area contributed by atoms with E-state index in [1.54, 1.807) is 0 Å². The summed E-state index contributed by atoms with van der Waals surface area (Å²) in [5.74, 6) is -0.754. The largest absolute Gasteiger partial charge is 0.370 e. The fourth-order valence-corrected chi connectivity index (χ4v) is 1.54. The summed E-state index contributed by atoms with van der Waals surface area (Å²) in [7, 11) is 0. The van der Waals surface area contributed by atoms with E-state index >= 15 is 0 Å². The Morgan fingerprint density at radius 2 is 2.31 bits per heavy atom. The molecule has 0 aromatic heterocycles. The van der Waals surface area contributed by atoms with Crippen molar-refractivity contribution in [2.45, 2.75) is 32.2 Å². The predicted molar refractivity (Wildman–Crippen MR) is 58.1 cm³/mol. The summed E-state index contributed by atoms with van der Waals surface area (Å²) in [6.45, 7) is 3.60. The summed E-state index contributed by atoms with van der Waals surface area (Å²) in [5.41, 5.74) is 5.46. The van der Waals surface area contributed by atoms with Crippen LogP contribution >= 0.6 is 0 Å². The van der Waals surface area contributed by atoms with Gasteiger partial charge in [0.2, 0.25) is 11.8 Å². The van der Waals surface area contributed by atoms with Crippen molar-refractivity contribution in [1.29, 1.82) is 0 Å². The molecule has 0 bridgehead atoms. The molecule has 0 fully saturated rings. The molecule has 90 valence electrons. The van der Waals surface area contributed by atoms with Crippen LogP contribution in [0.15, 0.2) is 12.2 Å². The van der Waals surface area contributed by atoms with Gasteiger partial charge in [0.15, 0.2) is 0 Å². The zero-order valence-corrected chi connectivity index (χ0v) is 9.38. The highest BCUT2D eigenvalue weighted by Crippen LogP contribution is 2.12. The molecule has 6 nitrogen and oxygen atoms in total. The fourth-order valence-electron chi connectivity index (χ4n) is 1.54. The van der Waals surface area contributed by atoms with Gasteiger partial charge < -0.3 is 16.2 Å². The Bertz CT molecular complexity index is 314. The SMILES string of the molecule is CC(C)NC(=O)C(CN)N1C(=O)C=CC1O. The summed E-state index contributed by atoms with van der Waals surface area (Å²) >= 11 is 0. The summed E-state index contributed by atoms with van der Waals surface area (Å²) < 4.78 is 0. The number of nitrogens with one attached hydrogen (secondary N) is 1. The van der Waals surface area contributed by atoms with Gasteiger partial charge in [0.05, 0.1) is 0 Å². The minimum Gasteiger partial charge on any atom is -0.370 e. The molecule has 0 aromatic carbocycles. The van der Waals surface area contributed by atoms with Crippen molar-refractivity contribution in [2.24, 2.45) is 5.73 Å². The minimum absolute atomic E-state index is 0.0248. The highest BCUT2D eigenvalue weighted by molar-refractivity contribution is 5.95. The van der Waals surface area contributed by atoms with Gasteiger partial charge in [0, 0.05) is 18.7 Å². The molecule has 1 heterocycles. The number of nitrogens with two attached hydrogens (primary N) is 1. The summed E-state index contributed by atoms with van der Waals surface area (Å²) in [5, 5.41) is 12.2. The molecule has 0 saturated heterocycles. The molecule has 6 heteroatoms. The summed E-state index contributed by atoms with van der Waals surface area (Å²) in [6, 6.07) is -0.871. The molecule has 2 unspecified atom stereocenters. The number of hydrogen-bond donors (Lipinski definition) is 3. The van der Waals surface area contributed by atoms with Crippen molar-refractivity contribution in [1.82, 2.24) is 10.2 Å². The summed E-state index contributed by atoms with van der Waals surface area (Å²) in [4.78, 5) is 24.2. The third-order valence-electron chi connectivity index (χ3n) is 2.24. The number of carbonyl (C=O) groups excluding carboxylic acids is 2. The normalized spacial score (nSPS) is 21.7. The van der Waals surface area contributed by atoms with Crippen LogP contribution in [0.1, 0.15) is 13.8 Å². The Kier molecular flexibility index (Phi) is 4.03. The molecule has 1 rings (SSSR count). The molecule has 0 aromatic rings. The van der Waals surface area contributed by atoms with E-state index in [4.69, 9.17) is 5.73 Å². The highest BCUT2D eigenvalue weighted by atomic mass is 16.3. The van der Waals surface area contributed by atoms with E-state index in [2.05, 4.69) is 5.32 Å². The number of aliphatic hydroxyl groups excluding tert-OH is 1. The minimum atomic E-state index is -1.07. The smallest absolute Gasteiger partial charge is 0.249 e.